The Morgan fingerprint density at radius 1 is 1.09 bits per heavy atom. The SMILES string of the molecule is C[C@H]1[C@H](C)CCC[C@@H]1NC(=O)[C@@H]1N(Cc2ccc3c(c2)OCO3)C(=O)[C@H]2[C@H](C(=O)Nc3ccc(F)c(Cl)c3)[C@H]3C=C[C@@]12O3. The molecule has 3 amide bonds. The van der Waals surface area contributed by atoms with E-state index < -0.39 is 41.3 Å². The molecule has 8 atom stereocenters. The zero-order valence-electron chi connectivity index (χ0n) is 23.8. The van der Waals surface area contributed by atoms with Gasteiger partial charge in [0.1, 0.15) is 17.5 Å². The molecule has 1 spiro atoms. The third kappa shape index (κ3) is 4.57. The summed E-state index contributed by atoms with van der Waals surface area (Å²) >= 11 is 5.93. The molecule has 4 aliphatic heterocycles. The number of anilines is 1. The van der Waals surface area contributed by atoms with Crippen molar-refractivity contribution < 1.29 is 33.0 Å². The predicted octanol–water partition coefficient (Wildman–Crippen LogP) is 4.44. The van der Waals surface area contributed by atoms with Crippen LogP contribution in [0.15, 0.2) is 48.6 Å². The maximum atomic E-state index is 14.3. The second-order valence-corrected chi connectivity index (χ2v) is 12.8. The van der Waals surface area contributed by atoms with Crippen molar-refractivity contribution in [2.75, 3.05) is 12.1 Å². The lowest BCUT2D eigenvalue weighted by Gasteiger charge is -2.38. The van der Waals surface area contributed by atoms with E-state index in [0.29, 0.717) is 23.1 Å². The van der Waals surface area contributed by atoms with Gasteiger partial charge in [0.05, 0.1) is 23.0 Å². The molecule has 1 aliphatic carbocycles. The lowest BCUT2D eigenvalue weighted by molar-refractivity contribution is -0.142. The van der Waals surface area contributed by atoms with E-state index in [1.165, 1.54) is 17.0 Å². The predicted molar refractivity (Wildman–Crippen MR) is 155 cm³/mol. The van der Waals surface area contributed by atoms with Crippen molar-refractivity contribution in [2.45, 2.75) is 63.4 Å². The summed E-state index contributed by atoms with van der Waals surface area (Å²) in [5.41, 5.74) is -0.254. The van der Waals surface area contributed by atoms with Crippen LogP contribution in [0.4, 0.5) is 10.1 Å². The average molecular weight is 610 g/mol. The summed E-state index contributed by atoms with van der Waals surface area (Å²) in [4.78, 5) is 43.8. The lowest BCUT2D eigenvalue weighted by Crippen LogP contribution is -2.57. The molecule has 0 radical (unpaired) electrons. The Balaban J connectivity index is 1.21. The maximum absolute atomic E-state index is 14.3. The summed E-state index contributed by atoms with van der Waals surface area (Å²) in [7, 11) is 0. The van der Waals surface area contributed by atoms with Crippen molar-refractivity contribution in [1.29, 1.82) is 0 Å². The van der Waals surface area contributed by atoms with Crippen molar-refractivity contribution in [3.05, 3.63) is 65.0 Å². The van der Waals surface area contributed by atoms with Crippen LogP contribution in [0.3, 0.4) is 0 Å². The first-order valence-corrected chi connectivity index (χ1v) is 15.2. The lowest BCUT2D eigenvalue weighted by atomic mass is 9.73. The molecule has 2 bridgehead atoms. The Bertz CT molecular complexity index is 1530. The fourth-order valence-corrected chi connectivity index (χ4v) is 7.70. The first kappa shape index (κ1) is 28.2. The normalized spacial score (nSPS) is 33.5. The second-order valence-electron chi connectivity index (χ2n) is 12.4. The van der Waals surface area contributed by atoms with E-state index in [2.05, 4.69) is 24.5 Å². The van der Waals surface area contributed by atoms with E-state index in [0.717, 1.165) is 30.9 Å². The standard InChI is InChI=1S/C32H33ClFN3O6/c1-16-4-3-5-22(17(16)2)36-30(39)28-32-11-10-24(43-32)26(29(38)35-19-7-8-21(34)20(33)13-19)27(32)31(40)37(28)14-18-6-9-23-25(12-18)42-15-41-23/h6-13,16-17,22,24,26-28H,3-5,14-15H2,1-2H3,(H,35,38)(H,36,39)/t16-,17+,22+,24-,26-,27-,28+,32+/m1/s1. The third-order valence-electron chi connectivity index (χ3n) is 9.94. The van der Waals surface area contributed by atoms with Gasteiger partial charge in [-0.2, -0.15) is 0 Å². The number of hydrogen-bond acceptors (Lipinski definition) is 6. The number of fused-ring (bicyclic) bond motifs is 2. The quantitative estimate of drug-likeness (QED) is 0.469. The van der Waals surface area contributed by atoms with Crippen molar-refractivity contribution in [1.82, 2.24) is 10.2 Å². The zero-order chi connectivity index (χ0) is 30.0. The maximum Gasteiger partial charge on any atom is 0.246 e. The Morgan fingerprint density at radius 2 is 1.91 bits per heavy atom. The van der Waals surface area contributed by atoms with Crippen LogP contribution < -0.4 is 20.1 Å². The number of rotatable bonds is 6. The summed E-state index contributed by atoms with van der Waals surface area (Å²) in [5.74, 6) is -1.59. The number of carbonyl (C=O) groups excluding carboxylic acids is 3. The molecule has 11 heteroatoms. The summed E-state index contributed by atoms with van der Waals surface area (Å²) in [6, 6.07) is 8.30. The number of nitrogens with zero attached hydrogens (tertiary/aromatic N) is 1. The number of amides is 3. The largest absolute Gasteiger partial charge is 0.454 e. The fourth-order valence-electron chi connectivity index (χ4n) is 7.52. The molecule has 5 aliphatic rings. The Labute approximate surface area is 253 Å². The molecule has 2 saturated heterocycles. The van der Waals surface area contributed by atoms with Crippen LogP contribution in [0.1, 0.15) is 38.7 Å². The minimum absolute atomic E-state index is 0.0286. The highest BCUT2D eigenvalue weighted by Gasteiger charge is 2.72. The van der Waals surface area contributed by atoms with Gasteiger partial charge in [-0.3, -0.25) is 14.4 Å². The topological polar surface area (TPSA) is 106 Å². The molecule has 7 rings (SSSR count). The first-order chi connectivity index (χ1) is 20.7. The molecule has 2 aromatic rings. The van der Waals surface area contributed by atoms with Gasteiger partial charge in [-0.05, 0) is 54.2 Å². The monoisotopic (exact) mass is 609 g/mol. The molecule has 9 nitrogen and oxygen atoms in total. The molecule has 4 heterocycles. The molecule has 2 aromatic carbocycles. The van der Waals surface area contributed by atoms with Crippen LogP contribution in [0.25, 0.3) is 0 Å². The summed E-state index contributed by atoms with van der Waals surface area (Å²) in [6.45, 7) is 4.59. The molecule has 226 valence electrons. The number of carbonyl (C=O) groups is 3. The van der Waals surface area contributed by atoms with E-state index in [9.17, 15) is 18.8 Å². The summed E-state index contributed by atoms with van der Waals surface area (Å²) < 4.78 is 31.2. The molecule has 43 heavy (non-hydrogen) atoms. The number of ether oxygens (including phenoxy) is 3. The van der Waals surface area contributed by atoms with E-state index >= 15 is 0 Å². The van der Waals surface area contributed by atoms with Gasteiger partial charge in [-0.25, -0.2) is 4.39 Å². The van der Waals surface area contributed by atoms with E-state index in [1.54, 1.807) is 24.3 Å². The minimum Gasteiger partial charge on any atom is -0.454 e. The van der Waals surface area contributed by atoms with Crippen LogP contribution in [0.2, 0.25) is 5.02 Å². The van der Waals surface area contributed by atoms with Crippen molar-refractivity contribution in [3.63, 3.8) is 0 Å². The van der Waals surface area contributed by atoms with Gasteiger partial charge in [-0.1, -0.05) is 56.5 Å². The van der Waals surface area contributed by atoms with Gasteiger partial charge in [0.25, 0.3) is 0 Å². The Kier molecular flexibility index (Phi) is 6.89. The van der Waals surface area contributed by atoms with Gasteiger partial charge >= 0.3 is 0 Å². The number of hydrogen-bond donors (Lipinski definition) is 2. The van der Waals surface area contributed by atoms with Crippen LogP contribution in [0.5, 0.6) is 11.5 Å². The van der Waals surface area contributed by atoms with Crippen LogP contribution in [-0.2, 0) is 25.7 Å². The van der Waals surface area contributed by atoms with Gasteiger partial charge < -0.3 is 29.7 Å². The van der Waals surface area contributed by atoms with Gasteiger partial charge in [0.2, 0.25) is 24.5 Å². The average Bonchev–Trinajstić information content (AvgIpc) is 3.74. The Hall–Kier alpha value is -3.63. The highest BCUT2D eigenvalue weighted by Crippen LogP contribution is 2.55. The van der Waals surface area contributed by atoms with Crippen LogP contribution in [-0.4, -0.2) is 53.2 Å². The third-order valence-corrected chi connectivity index (χ3v) is 10.2. The number of benzene rings is 2. The summed E-state index contributed by atoms with van der Waals surface area (Å²) in [5, 5.41) is 5.91. The molecule has 1 saturated carbocycles. The van der Waals surface area contributed by atoms with Gasteiger partial charge in [-0.15, -0.1) is 0 Å². The van der Waals surface area contributed by atoms with Gasteiger partial charge in [0.15, 0.2) is 11.5 Å². The molecule has 0 unspecified atom stereocenters. The number of nitrogens with one attached hydrogen (secondary N) is 2. The second kappa shape index (κ2) is 10.5. The van der Waals surface area contributed by atoms with Crippen molar-refractivity contribution >= 4 is 35.0 Å². The van der Waals surface area contributed by atoms with E-state index in [-0.39, 0.29) is 42.1 Å². The van der Waals surface area contributed by atoms with Crippen molar-refractivity contribution in [3.8, 4) is 11.5 Å². The molecular formula is C32H33ClFN3O6. The highest BCUT2D eigenvalue weighted by atomic mass is 35.5. The van der Waals surface area contributed by atoms with Crippen LogP contribution in [0, 0.1) is 29.5 Å². The van der Waals surface area contributed by atoms with Crippen LogP contribution >= 0.6 is 11.6 Å². The van der Waals surface area contributed by atoms with E-state index in [4.69, 9.17) is 25.8 Å². The van der Waals surface area contributed by atoms with Gasteiger partial charge in [0, 0.05) is 18.3 Å². The minimum atomic E-state index is -1.31. The molecular weight excluding hydrogens is 577 g/mol. The van der Waals surface area contributed by atoms with Crippen molar-refractivity contribution in [2.24, 2.45) is 23.7 Å². The highest BCUT2D eigenvalue weighted by molar-refractivity contribution is 6.31. The number of halogens is 2. The smallest absolute Gasteiger partial charge is 0.246 e. The number of likely N-dealkylation sites (tertiary alicyclic amines) is 1. The zero-order valence-corrected chi connectivity index (χ0v) is 24.6. The van der Waals surface area contributed by atoms with E-state index in [1.807, 2.05) is 6.07 Å². The Morgan fingerprint density at radius 3 is 2.72 bits per heavy atom. The summed E-state index contributed by atoms with van der Waals surface area (Å²) in [6.07, 6.45) is 5.85. The molecule has 3 fully saturated rings. The molecule has 0 aromatic heterocycles. The molecule has 2 N–H and O–H groups in total. The fraction of sp³-hybridized carbons (Fsp3) is 0.469. The first-order valence-electron chi connectivity index (χ1n) is 14.8.